The molecule has 0 saturated carbocycles. The molecule has 1 unspecified atom stereocenters. The van der Waals surface area contributed by atoms with Crippen LogP contribution < -0.4 is 10.0 Å². The highest BCUT2D eigenvalue weighted by molar-refractivity contribution is 7.92. The summed E-state index contributed by atoms with van der Waals surface area (Å²) in [5, 5.41) is 3.00. The molecule has 5 nitrogen and oxygen atoms in total. The van der Waals surface area contributed by atoms with E-state index in [9.17, 15) is 17.6 Å². The van der Waals surface area contributed by atoms with Gasteiger partial charge in [0.15, 0.2) is 0 Å². The van der Waals surface area contributed by atoms with Gasteiger partial charge in [-0.2, -0.15) is 0 Å². The molecule has 3 aromatic carbocycles. The average Bonchev–Trinajstić information content (AvgIpc) is 2.75. The van der Waals surface area contributed by atoms with Gasteiger partial charge in [-0.15, -0.1) is 0 Å². The zero-order valence-corrected chi connectivity index (χ0v) is 17.3. The van der Waals surface area contributed by atoms with Gasteiger partial charge in [0.2, 0.25) is 0 Å². The third-order valence-corrected chi connectivity index (χ3v) is 6.01. The number of sulfonamides is 1. The Morgan fingerprint density at radius 3 is 2.20 bits per heavy atom. The number of hydrogen-bond acceptors (Lipinski definition) is 3. The minimum absolute atomic E-state index is 0.0597. The van der Waals surface area contributed by atoms with E-state index >= 15 is 0 Å². The van der Waals surface area contributed by atoms with Gasteiger partial charge in [0.1, 0.15) is 5.82 Å². The third-order valence-electron chi connectivity index (χ3n) is 4.63. The Hall–Kier alpha value is -3.19. The number of para-hydroxylation sites is 1. The summed E-state index contributed by atoms with van der Waals surface area (Å²) >= 11 is 0. The SMILES string of the molecule is CCCC(NC(=O)c1ccc(S(=O)(=O)Nc2ccccc2F)cc1)c1ccccc1. The number of hydrogen-bond donors (Lipinski definition) is 2. The first-order valence-electron chi connectivity index (χ1n) is 9.64. The van der Waals surface area contributed by atoms with E-state index < -0.39 is 15.8 Å². The zero-order chi connectivity index (χ0) is 21.6. The standard InChI is InChI=1S/C23H23FN2O3S/c1-2-8-21(17-9-4-3-5-10-17)25-23(27)18-13-15-19(16-14-18)30(28,29)26-22-12-7-6-11-20(22)24/h3-7,9-16,21,26H,2,8H2,1H3,(H,25,27). The van der Waals surface area contributed by atoms with Crippen LogP contribution in [0.3, 0.4) is 0 Å². The molecule has 30 heavy (non-hydrogen) atoms. The predicted molar refractivity (Wildman–Crippen MR) is 115 cm³/mol. The Morgan fingerprint density at radius 2 is 1.57 bits per heavy atom. The minimum atomic E-state index is -3.97. The van der Waals surface area contributed by atoms with Crippen molar-refractivity contribution in [1.29, 1.82) is 0 Å². The Balaban J connectivity index is 1.74. The van der Waals surface area contributed by atoms with Gasteiger partial charge >= 0.3 is 0 Å². The molecule has 0 fully saturated rings. The first-order valence-corrected chi connectivity index (χ1v) is 11.1. The first-order chi connectivity index (χ1) is 14.4. The van der Waals surface area contributed by atoms with E-state index in [2.05, 4.69) is 10.0 Å². The van der Waals surface area contributed by atoms with Crippen molar-refractivity contribution in [2.75, 3.05) is 4.72 Å². The van der Waals surface area contributed by atoms with Crippen LogP contribution in [0.2, 0.25) is 0 Å². The largest absolute Gasteiger partial charge is 0.345 e. The van der Waals surface area contributed by atoms with Crippen molar-refractivity contribution in [1.82, 2.24) is 5.32 Å². The van der Waals surface area contributed by atoms with Crippen LogP contribution in [0, 0.1) is 5.82 Å². The molecule has 0 radical (unpaired) electrons. The van der Waals surface area contributed by atoms with E-state index in [1.165, 1.54) is 48.5 Å². The van der Waals surface area contributed by atoms with Crippen LogP contribution in [0.25, 0.3) is 0 Å². The van der Waals surface area contributed by atoms with E-state index in [4.69, 9.17) is 0 Å². The molecular formula is C23H23FN2O3S. The molecule has 0 aromatic heterocycles. The van der Waals surface area contributed by atoms with Gasteiger partial charge in [0.05, 0.1) is 16.6 Å². The summed E-state index contributed by atoms with van der Waals surface area (Å²) in [6, 6.07) is 20.6. The molecule has 1 atom stereocenters. The van der Waals surface area contributed by atoms with Crippen molar-refractivity contribution in [3.8, 4) is 0 Å². The monoisotopic (exact) mass is 426 g/mol. The van der Waals surface area contributed by atoms with Crippen molar-refractivity contribution < 1.29 is 17.6 Å². The molecule has 0 heterocycles. The van der Waals surface area contributed by atoms with E-state index in [1.807, 2.05) is 37.3 Å². The second-order valence-electron chi connectivity index (χ2n) is 6.84. The summed E-state index contributed by atoms with van der Waals surface area (Å²) in [4.78, 5) is 12.6. The highest BCUT2D eigenvalue weighted by Gasteiger charge is 2.18. The highest BCUT2D eigenvalue weighted by atomic mass is 32.2. The van der Waals surface area contributed by atoms with Crippen molar-refractivity contribution in [3.05, 3.63) is 95.8 Å². The summed E-state index contributed by atoms with van der Waals surface area (Å²) in [6.07, 6.45) is 1.69. The lowest BCUT2D eigenvalue weighted by Gasteiger charge is -2.19. The molecule has 0 bridgehead atoms. The average molecular weight is 427 g/mol. The van der Waals surface area contributed by atoms with Crippen LogP contribution in [0.4, 0.5) is 10.1 Å². The van der Waals surface area contributed by atoms with Gasteiger partial charge in [-0.1, -0.05) is 55.8 Å². The Kier molecular flexibility index (Phi) is 6.84. The van der Waals surface area contributed by atoms with E-state index in [0.717, 1.165) is 18.4 Å². The second kappa shape index (κ2) is 9.54. The lowest BCUT2D eigenvalue weighted by Crippen LogP contribution is -2.28. The van der Waals surface area contributed by atoms with Crippen molar-refractivity contribution in [2.45, 2.75) is 30.7 Å². The fourth-order valence-corrected chi connectivity index (χ4v) is 4.14. The second-order valence-corrected chi connectivity index (χ2v) is 8.52. The van der Waals surface area contributed by atoms with Gasteiger partial charge < -0.3 is 5.32 Å². The summed E-state index contributed by atoms with van der Waals surface area (Å²) in [5.74, 6) is -0.955. The number of halogens is 1. The molecule has 2 N–H and O–H groups in total. The highest BCUT2D eigenvalue weighted by Crippen LogP contribution is 2.21. The zero-order valence-electron chi connectivity index (χ0n) is 16.5. The Morgan fingerprint density at radius 1 is 0.933 bits per heavy atom. The van der Waals surface area contributed by atoms with Crippen LogP contribution in [0.1, 0.15) is 41.7 Å². The lowest BCUT2D eigenvalue weighted by molar-refractivity contribution is 0.0934. The van der Waals surface area contributed by atoms with Crippen molar-refractivity contribution in [3.63, 3.8) is 0 Å². The molecule has 156 valence electrons. The molecule has 7 heteroatoms. The molecular weight excluding hydrogens is 403 g/mol. The molecule has 3 aromatic rings. The van der Waals surface area contributed by atoms with Gasteiger partial charge in [0, 0.05) is 5.56 Å². The van der Waals surface area contributed by atoms with E-state index in [-0.39, 0.29) is 22.5 Å². The molecule has 3 rings (SSSR count). The van der Waals surface area contributed by atoms with E-state index in [1.54, 1.807) is 0 Å². The first kappa shape index (κ1) is 21.5. The number of carbonyl (C=O) groups excluding carboxylic acids is 1. The maximum Gasteiger partial charge on any atom is 0.261 e. The number of nitrogens with one attached hydrogen (secondary N) is 2. The van der Waals surface area contributed by atoms with Gasteiger partial charge in [-0.25, -0.2) is 12.8 Å². The van der Waals surface area contributed by atoms with Crippen molar-refractivity contribution in [2.24, 2.45) is 0 Å². The molecule has 0 aliphatic carbocycles. The van der Waals surface area contributed by atoms with Crippen LogP contribution in [-0.2, 0) is 10.0 Å². The van der Waals surface area contributed by atoms with Crippen LogP contribution in [0.5, 0.6) is 0 Å². The number of amides is 1. The number of benzene rings is 3. The molecule has 0 saturated heterocycles. The van der Waals surface area contributed by atoms with Crippen molar-refractivity contribution >= 4 is 21.6 Å². The van der Waals surface area contributed by atoms with E-state index in [0.29, 0.717) is 5.56 Å². The third kappa shape index (κ3) is 5.24. The quantitative estimate of drug-likeness (QED) is 0.538. The maximum atomic E-state index is 13.7. The molecule has 0 aliphatic rings. The fraction of sp³-hybridized carbons (Fsp3) is 0.174. The van der Waals surface area contributed by atoms with Crippen LogP contribution >= 0.6 is 0 Å². The van der Waals surface area contributed by atoms with Crippen LogP contribution in [-0.4, -0.2) is 14.3 Å². The smallest absolute Gasteiger partial charge is 0.261 e. The minimum Gasteiger partial charge on any atom is -0.345 e. The number of carbonyl (C=O) groups is 1. The summed E-state index contributed by atoms with van der Waals surface area (Å²) in [7, 11) is -3.97. The molecule has 1 amide bonds. The van der Waals surface area contributed by atoms with Gasteiger partial charge in [-0.05, 0) is 48.4 Å². The molecule has 0 aliphatic heterocycles. The summed E-state index contributed by atoms with van der Waals surface area (Å²) in [5.41, 5.74) is 1.22. The Bertz CT molecular complexity index is 1100. The van der Waals surface area contributed by atoms with Gasteiger partial charge in [-0.3, -0.25) is 9.52 Å². The normalized spacial score (nSPS) is 12.2. The van der Waals surface area contributed by atoms with Gasteiger partial charge in [0.25, 0.3) is 15.9 Å². The predicted octanol–water partition coefficient (Wildman–Crippen LogP) is 4.90. The fourth-order valence-electron chi connectivity index (χ4n) is 3.07. The Labute approximate surface area is 176 Å². The summed E-state index contributed by atoms with van der Waals surface area (Å²) < 4.78 is 41.0. The summed E-state index contributed by atoms with van der Waals surface area (Å²) in [6.45, 7) is 2.05. The molecule has 0 spiro atoms. The number of anilines is 1. The van der Waals surface area contributed by atoms with Crippen LogP contribution in [0.15, 0.2) is 83.8 Å². The maximum absolute atomic E-state index is 13.7. The lowest BCUT2D eigenvalue weighted by atomic mass is 10.0. The number of rotatable bonds is 8. The topological polar surface area (TPSA) is 75.3 Å².